The number of alkyl halides is 2. The van der Waals surface area contributed by atoms with Gasteiger partial charge in [0.15, 0.2) is 11.5 Å². The van der Waals surface area contributed by atoms with Crippen LogP contribution in [0.1, 0.15) is 17.9 Å². The first kappa shape index (κ1) is 22.1. The van der Waals surface area contributed by atoms with Gasteiger partial charge >= 0.3 is 6.61 Å². The molecule has 3 aromatic rings. The Morgan fingerprint density at radius 1 is 1.16 bits per heavy atom. The molecule has 0 saturated heterocycles. The summed E-state index contributed by atoms with van der Waals surface area (Å²) in [7, 11) is 2.97. The lowest BCUT2D eigenvalue weighted by atomic mass is 10.1. The van der Waals surface area contributed by atoms with E-state index in [1.54, 1.807) is 13.1 Å². The van der Waals surface area contributed by atoms with Crippen molar-refractivity contribution < 1.29 is 32.0 Å². The zero-order valence-electron chi connectivity index (χ0n) is 16.8. The summed E-state index contributed by atoms with van der Waals surface area (Å²) in [5, 5.41) is 3.84. The van der Waals surface area contributed by atoms with Crippen molar-refractivity contribution in [1.29, 1.82) is 0 Å². The van der Waals surface area contributed by atoms with E-state index in [0.717, 1.165) is 0 Å². The number of halogens is 3. The smallest absolute Gasteiger partial charge is 0.387 e. The normalized spacial score (nSPS) is 10.9. The van der Waals surface area contributed by atoms with Crippen molar-refractivity contribution in [3.63, 3.8) is 0 Å². The van der Waals surface area contributed by atoms with Gasteiger partial charge in [0.1, 0.15) is 5.82 Å². The third kappa shape index (κ3) is 5.97. The highest BCUT2D eigenvalue weighted by Crippen LogP contribution is 2.29. The molecule has 1 heterocycles. The number of benzene rings is 2. The maximum absolute atomic E-state index is 13.0. The Kier molecular flexibility index (Phi) is 7.11. The van der Waals surface area contributed by atoms with E-state index in [2.05, 4.69) is 14.9 Å². The van der Waals surface area contributed by atoms with Crippen LogP contribution in [0.3, 0.4) is 0 Å². The lowest BCUT2D eigenvalue weighted by Crippen LogP contribution is -2.26. The van der Waals surface area contributed by atoms with Crippen molar-refractivity contribution in [2.45, 2.75) is 26.0 Å². The zero-order chi connectivity index (χ0) is 22.4. The fourth-order valence-corrected chi connectivity index (χ4v) is 2.84. The molecule has 1 aromatic heterocycles. The average Bonchev–Trinajstić information content (AvgIpc) is 3.22. The van der Waals surface area contributed by atoms with Gasteiger partial charge in [-0.25, -0.2) is 4.39 Å². The van der Waals surface area contributed by atoms with Crippen molar-refractivity contribution in [2.24, 2.45) is 0 Å². The average molecular weight is 435 g/mol. The summed E-state index contributed by atoms with van der Waals surface area (Å²) in [5.41, 5.74) is 1.29. The molecule has 1 amide bonds. The third-order valence-electron chi connectivity index (χ3n) is 4.41. The van der Waals surface area contributed by atoms with Gasteiger partial charge in [0, 0.05) is 32.0 Å². The van der Waals surface area contributed by atoms with E-state index in [-0.39, 0.29) is 48.5 Å². The summed E-state index contributed by atoms with van der Waals surface area (Å²) in [6.45, 7) is -2.72. The van der Waals surface area contributed by atoms with Crippen molar-refractivity contribution in [2.75, 3.05) is 14.2 Å². The fraction of sp³-hybridized carbons (Fsp3) is 0.286. The van der Waals surface area contributed by atoms with Gasteiger partial charge in [-0.2, -0.15) is 13.8 Å². The summed E-state index contributed by atoms with van der Waals surface area (Å²) in [6.07, 6.45) is 0.368. The molecule has 10 heteroatoms. The monoisotopic (exact) mass is 435 g/mol. The molecule has 164 valence electrons. The van der Waals surface area contributed by atoms with Crippen LogP contribution in [0.2, 0.25) is 0 Å². The highest BCUT2D eigenvalue weighted by atomic mass is 19.3. The van der Waals surface area contributed by atoms with Crippen LogP contribution in [0, 0.1) is 5.82 Å². The number of rotatable bonds is 9. The number of aromatic nitrogens is 2. The number of amides is 1. The van der Waals surface area contributed by atoms with Gasteiger partial charge in [-0.3, -0.25) is 4.79 Å². The van der Waals surface area contributed by atoms with Crippen LogP contribution in [0.4, 0.5) is 13.2 Å². The number of aryl methyl sites for hydroxylation is 1. The maximum Gasteiger partial charge on any atom is 0.387 e. The molecule has 0 N–H and O–H groups in total. The molecule has 0 unspecified atom stereocenters. The van der Waals surface area contributed by atoms with E-state index < -0.39 is 6.61 Å². The first-order valence-corrected chi connectivity index (χ1v) is 9.30. The SMILES string of the molecule is COc1cc(CN(C)C(=O)CCc2nc(-c3ccc(F)cc3)no2)ccc1OC(F)F. The molecule has 31 heavy (non-hydrogen) atoms. The van der Waals surface area contributed by atoms with Gasteiger partial charge in [-0.15, -0.1) is 0 Å². The van der Waals surface area contributed by atoms with Crippen LogP contribution >= 0.6 is 0 Å². The van der Waals surface area contributed by atoms with Gasteiger partial charge in [0.25, 0.3) is 0 Å². The molecule has 0 aliphatic rings. The zero-order valence-corrected chi connectivity index (χ0v) is 16.8. The number of nitrogens with zero attached hydrogens (tertiary/aromatic N) is 3. The van der Waals surface area contributed by atoms with Gasteiger partial charge in [0.05, 0.1) is 7.11 Å². The Bertz CT molecular complexity index is 1020. The topological polar surface area (TPSA) is 77.7 Å². The van der Waals surface area contributed by atoms with Crippen LogP contribution < -0.4 is 9.47 Å². The maximum atomic E-state index is 13.0. The minimum absolute atomic E-state index is 0.0800. The molecule has 7 nitrogen and oxygen atoms in total. The van der Waals surface area contributed by atoms with Crippen molar-refractivity contribution in [3.05, 3.63) is 59.7 Å². The van der Waals surface area contributed by atoms with Crippen LogP contribution in [0.15, 0.2) is 47.0 Å². The first-order valence-electron chi connectivity index (χ1n) is 9.30. The Morgan fingerprint density at radius 2 is 1.90 bits per heavy atom. The van der Waals surface area contributed by atoms with E-state index in [1.165, 1.54) is 48.4 Å². The quantitative estimate of drug-likeness (QED) is 0.504. The molecule has 0 fully saturated rings. The minimum atomic E-state index is -2.96. The first-order chi connectivity index (χ1) is 14.9. The number of ether oxygens (including phenoxy) is 2. The molecule has 0 aliphatic heterocycles. The molecule has 0 atom stereocenters. The lowest BCUT2D eigenvalue weighted by molar-refractivity contribution is -0.130. The number of methoxy groups -OCH3 is 1. The Labute approximate surface area is 176 Å². The van der Waals surface area contributed by atoms with E-state index >= 15 is 0 Å². The Hall–Kier alpha value is -3.56. The number of carbonyl (C=O) groups excluding carboxylic acids is 1. The van der Waals surface area contributed by atoms with Crippen molar-refractivity contribution >= 4 is 5.91 Å². The Balaban J connectivity index is 1.56. The lowest BCUT2D eigenvalue weighted by Gasteiger charge is -2.18. The van der Waals surface area contributed by atoms with Crippen LogP contribution in [-0.4, -0.2) is 41.7 Å². The predicted molar refractivity (Wildman–Crippen MR) is 104 cm³/mol. The van der Waals surface area contributed by atoms with E-state index in [0.29, 0.717) is 17.0 Å². The molecule has 2 aromatic carbocycles. The summed E-state index contributed by atoms with van der Waals surface area (Å²) in [5.74, 6) is 0.134. The molecular weight excluding hydrogens is 415 g/mol. The number of hydrogen-bond acceptors (Lipinski definition) is 6. The van der Waals surface area contributed by atoms with Crippen LogP contribution in [0.25, 0.3) is 11.4 Å². The second kappa shape index (κ2) is 9.96. The highest BCUT2D eigenvalue weighted by Gasteiger charge is 2.16. The van der Waals surface area contributed by atoms with Gasteiger partial charge in [0.2, 0.25) is 17.6 Å². The summed E-state index contributed by atoms with van der Waals surface area (Å²) >= 11 is 0. The van der Waals surface area contributed by atoms with Gasteiger partial charge in [-0.05, 0) is 42.0 Å². The standard InChI is InChI=1S/C21H20F3N3O4/c1-27(12-13-3-8-16(30-21(23)24)17(11-13)29-2)19(28)10-9-18-25-20(26-31-18)14-4-6-15(22)7-5-14/h3-8,11,21H,9-10,12H2,1-2H3. The van der Waals surface area contributed by atoms with E-state index in [9.17, 15) is 18.0 Å². The number of hydrogen-bond donors (Lipinski definition) is 0. The molecule has 0 spiro atoms. The summed E-state index contributed by atoms with van der Waals surface area (Å²) in [4.78, 5) is 18.1. The molecule has 3 rings (SSSR count). The third-order valence-corrected chi connectivity index (χ3v) is 4.41. The number of carbonyl (C=O) groups is 1. The largest absolute Gasteiger partial charge is 0.493 e. The second-order valence-electron chi connectivity index (χ2n) is 6.63. The minimum Gasteiger partial charge on any atom is -0.493 e. The van der Waals surface area contributed by atoms with Gasteiger partial charge in [-0.1, -0.05) is 11.2 Å². The van der Waals surface area contributed by atoms with Crippen molar-refractivity contribution in [3.8, 4) is 22.9 Å². The highest BCUT2D eigenvalue weighted by molar-refractivity contribution is 5.76. The predicted octanol–water partition coefficient (Wildman–Crippen LogP) is 4.08. The molecule has 0 radical (unpaired) electrons. The van der Waals surface area contributed by atoms with E-state index in [1.807, 2.05) is 0 Å². The molecule has 0 bridgehead atoms. The summed E-state index contributed by atoms with van der Waals surface area (Å²) < 4.78 is 52.5. The molecule has 0 saturated carbocycles. The molecule has 0 aliphatic carbocycles. The van der Waals surface area contributed by atoms with Crippen LogP contribution in [0.5, 0.6) is 11.5 Å². The molecular formula is C21H20F3N3O4. The van der Waals surface area contributed by atoms with Crippen molar-refractivity contribution in [1.82, 2.24) is 15.0 Å². The van der Waals surface area contributed by atoms with Crippen LogP contribution in [-0.2, 0) is 17.8 Å². The Morgan fingerprint density at radius 3 is 2.58 bits per heavy atom. The summed E-state index contributed by atoms with van der Waals surface area (Å²) in [6, 6.07) is 10.2. The fourth-order valence-electron chi connectivity index (χ4n) is 2.84. The van der Waals surface area contributed by atoms with E-state index in [4.69, 9.17) is 9.26 Å². The second-order valence-corrected chi connectivity index (χ2v) is 6.63. The van der Waals surface area contributed by atoms with Gasteiger partial charge < -0.3 is 18.9 Å².